The second-order valence-electron chi connectivity index (χ2n) is 8.18. The summed E-state index contributed by atoms with van der Waals surface area (Å²) in [5, 5.41) is 4.49. The minimum atomic E-state index is 0.00535. The summed E-state index contributed by atoms with van der Waals surface area (Å²) in [5.41, 5.74) is 8.45. The molecule has 2 aliphatic rings. The summed E-state index contributed by atoms with van der Waals surface area (Å²) in [5.74, 6) is 1.07. The third kappa shape index (κ3) is 3.39. The van der Waals surface area contributed by atoms with Gasteiger partial charge < -0.3 is 9.73 Å². The van der Waals surface area contributed by atoms with Crippen LogP contribution >= 0.6 is 0 Å². The van der Waals surface area contributed by atoms with Gasteiger partial charge in [-0.15, -0.1) is 0 Å². The van der Waals surface area contributed by atoms with Gasteiger partial charge in [0, 0.05) is 40.9 Å². The molecule has 1 aliphatic heterocycles. The Kier molecular flexibility index (Phi) is 5.38. The minimum Gasteiger partial charge on any atom is -0.456 e. The Morgan fingerprint density at radius 2 is 1.73 bits per heavy atom. The number of hydrogen-bond acceptors (Lipinski definition) is 3. The molecule has 0 saturated heterocycles. The molecule has 4 rings (SSSR count). The van der Waals surface area contributed by atoms with Crippen LogP contribution in [0.1, 0.15) is 49.8 Å². The van der Waals surface area contributed by atoms with E-state index in [0.29, 0.717) is 11.7 Å². The van der Waals surface area contributed by atoms with E-state index in [1.807, 2.05) is 13.0 Å². The molecule has 1 unspecified atom stereocenters. The number of benzene rings is 3. The van der Waals surface area contributed by atoms with Gasteiger partial charge in [0.15, 0.2) is 5.43 Å². The van der Waals surface area contributed by atoms with Crippen molar-refractivity contribution in [1.29, 1.82) is 0 Å². The number of hydrogen-bond donors (Lipinski definition) is 1. The Labute approximate surface area is 178 Å². The highest BCUT2D eigenvalue weighted by atomic mass is 16.3. The molecule has 30 heavy (non-hydrogen) atoms. The first kappa shape index (κ1) is 20.2. The maximum absolute atomic E-state index is 12.4. The van der Waals surface area contributed by atoms with E-state index in [9.17, 15) is 4.79 Å². The third-order valence-electron chi connectivity index (χ3n) is 6.10. The van der Waals surface area contributed by atoms with Gasteiger partial charge in [-0.3, -0.25) is 4.79 Å². The van der Waals surface area contributed by atoms with Crippen LogP contribution in [-0.2, 0) is 0 Å². The van der Waals surface area contributed by atoms with Crippen LogP contribution < -0.4 is 10.7 Å². The first-order valence-corrected chi connectivity index (χ1v) is 10.8. The molecule has 2 aromatic carbocycles. The minimum absolute atomic E-state index is 0.00535. The second-order valence-corrected chi connectivity index (χ2v) is 8.18. The Bertz CT molecular complexity index is 1250. The Balaban J connectivity index is 2.17. The smallest absolute Gasteiger partial charge is 0.185 e. The van der Waals surface area contributed by atoms with Crippen LogP contribution in [0.4, 0.5) is 5.69 Å². The van der Waals surface area contributed by atoms with Gasteiger partial charge in [-0.05, 0) is 67.5 Å². The summed E-state index contributed by atoms with van der Waals surface area (Å²) in [7, 11) is 0. The molecule has 0 radical (unpaired) electrons. The van der Waals surface area contributed by atoms with Crippen molar-refractivity contribution in [1.82, 2.24) is 0 Å². The van der Waals surface area contributed by atoms with Gasteiger partial charge in [0.1, 0.15) is 11.3 Å². The second kappa shape index (κ2) is 7.98. The lowest BCUT2D eigenvalue weighted by Gasteiger charge is -2.21. The van der Waals surface area contributed by atoms with Crippen molar-refractivity contribution >= 4 is 16.7 Å². The van der Waals surface area contributed by atoms with E-state index in [1.165, 1.54) is 16.7 Å². The van der Waals surface area contributed by atoms with Crippen molar-refractivity contribution in [2.45, 2.75) is 47.0 Å². The zero-order valence-electron chi connectivity index (χ0n) is 18.4. The van der Waals surface area contributed by atoms with E-state index in [2.05, 4.69) is 69.4 Å². The molecule has 0 bridgehead atoms. The fraction of sp³-hybridized carbons (Fsp3) is 0.296. The van der Waals surface area contributed by atoms with Crippen LogP contribution in [0.3, 0.4) is 0 Å². The highest BCUT2D eigenvalue weighted by Crippen LogP contribution is 2.44. The predicted molar refractivity (Wildman–Crippen MR) is 127 cm³/mol. The Hall–Kier alpha value is -3.07. The van der Waals surface area contributed by atoms with E-state index in [-0.39, 0.29) is 5.43 Å². The molecular weight excluding hydrogens is 370 g/mol. The monoisotopic (exact) mass is 399 g/mol. The SMILES string of the molecule is CCNc1cc2oc3cc(=O)c(C)cc-3c(-c3ccccc3C(C)CC)c2cc1C. The topological polar surface area (TPSA) is 42.2 Å². The maximum atomic E-state index is 12.4. The lowest BCUT2D eigenvalue weighted by Crippen LogP contribution is -2.06. The van der Waals surface area contributed by atoms with Crippen molar-refractivity contribution in [3.8, 4) is 22.5 Å². The van der Waals surface area contributed by atoms with Gasteiger partial charge in [0.05, 0.1) is 0 Å². The van der Waals surface area contributed by atoms with Crippen molar-refractivity contribution in [3.05, 3.63) is 75.4 Å². The Morgan fingerprint density at radius 1 is 0.967 bits per heavy atom. The molecule has 1 atom stereocenters. The lowest BCUT2D eigenvalue weighted by molar-refractivity contribution is 0.619. The van der Waals surface area contributed by atoms with Gasteiger partial charge in [-0.1, -0.05) is 38.1 Å². The van der Waals surface area contributed by atoms with E-state index in [4.69, 9.17) is 4.42 Å². The third-order valence-corrected chi connectivity index (χ3v) is 6.10. The zero-order chi connectivity index (χ0) is 21.4. The summed E-state index contributed by atoms with van der Waals surface area (Å²) >= 11 is 0. The molecule has 0 saturated carbocycles. The summed E-state index contributed by atoms with van der Waals surface area (Å²) in [6.07, 6.45) is 1.07. The molecular formula is C27H29NO2. The molecule has 1 aliphatic carbocycles. The number of aryl methyl sites for hydroxylation is 2. The standard InChI is InChI=1S/C27H29NO2/c1-6-16(3)19-10-8-9-11-20(19)27-21-12-17(4)23(28-7-2)14-25(21)30-26-15-24(29)18(5)13-22(26)27/h8-16,28H,6-7H2,1-5H3. The fourth-order valence-corrected chi connectivity index (χ4v) is 4.23. The van der Waals surface area contributed by atoms with Crippen LogP contribution in [0, 0.1) is 13.8 Å². The van der Waals surface area contributed by atoms with E-state index in [0.717, 1.165) is 46.3 Å². The van der Waals surface area contributed by atoms with E-state index >= 15 is 0 Å². The average Bonchev–Trinajstić information content (AvgIpc) is 2.74. The predicted octanol–water partition coefficient (Wildman–Crippen LogP) is 7.13. The lowest BCUT2D eigenvalue weighted by atomic mass is 9.85. The van der Waals surface area contributed by atoms with E-state index in [1.54, 1.807) is 6.07 Å². The summed E-state index contributed by atoms with van der Waals surface area (Å²) in [6.45, 7) is 11.4. The van der Waals surface area contributed by atoms with Gasteiger partial charge in [-0.2, -0.15) is 0 Å². The molecule has 0 aromatic heterocycles. The number of rotatable bonds is 5. The van der Waals surface area contributed by atoms with Crippen LogP contribution in [0.25, 0.3) is 33.4 Å². The molecule has 1 N–H and O–H groups in total. The molecule has 0 spiro atoms. The van der Waals surface area contributed by atoms with Gasteiger partial charge >= 0.3 is 0 Å². The molecule has 3 heteroatoms. The van der Waals surface area contributed by atoms with Crippen LogP contribution in [-0.4, -0.2) is 6.54 Å². The quantitative estimate of drug-likeness (QED) is 0.363. The van der Waals surface area contributed by atoms with Crippen LogP contribution in [0.2, 0.25) is 0 Å². The summed E-state index contributed by atoms with van der Waals surface area (Å²) in [6, 6.07) is 16.5. The molecule has 154 valence electrons. The Morgan fingerprint density at radius 3 is 2.47 bits per heavy atom. The fourth-order valence-electron chi connectivity index (χ4n) is 4.23. The number of nitrogens with one attached hydrogen (secondary N) is 1. The maximum Gasteiger partial charge on any atom is 0.185 e. The number of fused-ring (bicyclic) bond motifs is 2. The zero-order valence-corrected chi connectivity index (χ0v) is 18.4. The van der Waals surface area contributed by atoms with Crippen molar-refractivity contribution < 1.29 is 4.42 Å². The van der Waals surface area contributed by atoms with E-state index < -0.39 is 0 Å². The van der Waals surface area contributed by atoms with Gasteiger partial charge in [0.25, 0.3) is 0 Å². The average molecular weight is 400 g/mol. The molecule has 0 fully saturated rings. The normalized spacial score (nSPS) is 12.4. The van der Waals surface area contributed by atoms with Crippen LogP contribution in [0.15, 0.2) is 57.7 Å². The van der Waals surface area contributed by atoms with Gasteiger partial charge in [0.2, 0.25) is 0 Å². The number of anilines is 1. The van der Waals surface area contributed by atoms with Crippen molar-refractivity contribution in [2.75, 3.05) is 11.9 Å². The summed E-state index contributed by atoms with van der Waals surface area (Å²) < 4.78 is 6.27. The first-order valence-electron chi connectivity index (χ1n) is 10.8. The largest absolute Gasteiger partial charge is 0.456 e. The van der Waals surface area contributed by atoms with Crippen molar-refractivity contribution in [3.63, 3.8) is 0 Å². The molecule has 3 nitrogen and oxygen atoms in total. The molecule has 1 heterocycles. The molecule has 2 aromatic rings. The highest BCUT2D eigenvalue weighted by Gasteiger charge is 2.22. The first-order chi connectivity index (χ1) is 14.4. The van der Waals surface area contributed by atoms with Crippen LogP contribution in [0.5, 0.6) is 0 Å². The van der Waals surface area contributed by atoms with Crippen molar-refractivity contribution in [2.24, 2.45) is 0 Å². The van der Waals surface area contributed by atoms with Gasteiger partial charge in [-0.25, -0.2) is 0 Å². The highest BCUT2D eigenvalue weighted by molar-refractivity contribution is 6.04. The molecule has 0 amide bonds. The summed E-state index contributed by atoms with van der Waals surface area (Å²) in [4.78, 5) is 12.4.